The molecule has 21 heavy (non-hydrogen) atoms. The number of hydrogen-bond acceptors (Lipinski definition) is 6. The molecule has 1 aliphatic rings. The van der Waals surface area contributed by atoms with Crippen molar-refractivity contribution in [3.63, 3.8) is 0 Å². The molecule has 0 aliphatic carbocycles. The number of aromatic hydroxyl groups is 1. The molecule has 0 unspecified atom stereocenters. The number of aliphatic hydroxyl groups excluding tert-OH is 1. The monoisotopic (exact) mass is 318 g/mol. The number of hydrogen-bond donors (Lipinski definition) is 3. The van der Waals surface area contributed by atoms with E-state index in [1.54, 1.807) is 19.2 Å². The van der Waals surface area contributed by atoms with Gasteiger partial charge in [-0.2, -0.15) is 0 Å². The number of halogens is 1. The number of methoxy groups -OCH3 is 2. The molecule has 0 amide bonds. The maximum Gasteiger partial charge on any atom is 0.131 e. The summed E-state index contributed by atoms with van der Waals surface area (Å²) in [6, 6.07) is 2.99. The number of nitrogens with zero attached hydrogens (tertiary/aromatic N) is 1. The number of phenolic OH excluding ortho intramolecular Hbond substituents is 1. The van der Waals surface area contributed by atoms with Gasteiger partial charge in [0.1, 0.15) is 17.2 Å². The molecule has 1 heterocycles. The highest BCUT2D eigenvalue weighted by atomic mass is 35.5. The van der Waals surface area contributed by atoms with Crippen LogP contribution in [0.25, 0.3) is 0 Å². The highest BCUT2D eigenvalue weighted by molar-refractivity contribution is 5.85. The highest BCUT2D eigenvalue weighted by Crippen LogP contribution is 2.39. The van der Waals surface area contributed by atoms with Crippen LogP contribution >= 0.6 is 12.4 Å². The van der Waals surface area contributed by atoms with E-state index in [4.69, 9.17) is 9.47 Å². The standard InChI is InChI=1S/C14H22N2O4.ClH/c1-19-10-7-12(18)14(13(8-10)20-2)11(9-17)16-5-3-15-4-6-16;/h7-8,11,15,17-18H,3-6,9H2,1-2H3;1H/t11-;/m1./s1. The number of phenols is 1. The van der Waals surface area contributed by atoms with Crippen molar-refractivity contribution < 1.29 is 19.7 Å². The zero-order chi connectivity index (χ0) is 14.5. The average molecular weight is 319 g/mol. The van der Waals surface area contributed by atoms with Gasteiger partial charge in [-0.25, -0.2) is 0 Å². The fraction of sp³-hybridized carbons (Fsp3) is 0.571. The van der Waals surface area contributed by atoms with Crippen LogP contribution < -0.4 is 14.8 Å². The lowest BCUT2D eigenvalue weighted by molar-refractivity contribution is 0.107. The van der Waals surface area contributed by atoms with Gasteiger partial charge in [0.15, 0.2) is 0 Å². The van der Waals surface area contributed by atoms with E-state index in [2.05, 4.69) is 10.2 Å². The van der Waals surface area contributed by atoms with Crippen molar-refractivity contribution in [2.24, 2.45) is 0 Å². The SMILES string of the molecule is COc1cc(O)c([C@@H](CO)N2CCNCC2)c(OC)c1.Cl. The number of piperazine rings is 1. The van der Waals surface area contributed by atoms with E-state index in [1.807, 2.05) is 0 Å². The van der Waals surface area contributed by atoms with E-state index in [0.29, 0.717) is 17.1 Å². The first-order valence-corrected chi connectivity index (χ1v) is 6.71. The third-order valence-electron chi connectivity index (χ3n) is 3.65. The van der Waals surface area contributed by atoms with E-state index < -0.39 is 0 Å². The van der Waals surface area contributed by atoms with E-state index in [-0.39, 0.29) is 30.8 Å². The van der Waals surface area contributed by atoms with Gasteiger partial charge >= 0.3 is 0 Å². The minimum absolute atomic E-state index is 0. The van der Waals surface area contributed by atoms with Crippen molar-refractivity contribution in [1.82, 2.24) is 10.2 Å². The van der Waals surface area contributed by atoms with Crippen molar-refractivity contribution in [3.05, 3.63) is 17.7 Å². The molecule has 0 aromatic heterocycles. The Morgan fingerprint density at radius 1 is 1.24 bits per heavy atom. The largest absolute Gasteiger partial charge is 0.507 e. The van der Waals surface area contributed by atoms with E-state index >= 15 is 0 Å². The topological polar surface area (TPSA) is 74.2 Å². The van der Waals surface area contributed by atoms with Gasteiger partial charge in [0.05, 0.1) is 32.4 Å². The second kappa shape index (κ2) is 8.29. The molecule has 1 aromatic carbocycles. The second-order valence-electron chi connectivity index (χ2n) is 4.75. The number of benzene rings is 1. The van der Waals surface area contributed by atoms with Gasteiger partial charge in [-0.1, -0.05) is 0 Å². The molecule has 1 atom stereocenters. The summed E-state index contributed by atoms with van der Waals surface area (Å²) >= 11 is 0. The molecule has 1 saturated heterocycles. The molecule has 1 fully saturated rings. The van der Waals surface area contributed by atoms with Gasteiger partial charge < -0.3 is 25.0 Å². The highest BCUT2D eigenvalue weighted by Gasteiger charge is 2.27. The second-order valence-corrected chi connectivity index (χ2v) is 4.75. The zero-order valence-electron chi connectivity index (χ0n) is 12.3. The summed E-state index contributed by atoms with van der Waals surface area (Å²) in [6.45, 7) is 3.31. The van der Waals surface area contributed by atoms with E-state index in [9.17, 15) is 10.2 Å². The van der Waals surface area contributed by atoms with Gasteiger partial charge in [-0.05, 0) is 0 Å². The number of ether oxygens (including phenoxy) is 2. The molecule has 0 radical (unpaired) electrons. The first kappa shape index (κ1) is 17.8. The van der Waals surface area contributed by atoms with Gasteiger partial charge in [0, 0.05) is 38.3 Å². The quantitative estimate of drug-likeness (QED) is 0.745. The van der Waals surface area contributed by atoms with Crippen LogP contribution in [-0.4, -0.2) is 62.1 Å². The Hall–Kier alpha value is -1.21. The average Bonchev–Trinajstić information content (AvgIpc) is 2.50. The molecule has 6 nitrogen and oxygen atoms in total. The number of aliphatic hydroxyl groups is 1. The first-order valence-electron chi connectivity index (χ1n) is 6.71. The minimum atomic E-state index is -0.280. The van der Waals surface area contributed by atoms with Gasteiger partial charge in [0.2, 0.25) is 0 Å². The maximum absolute atomic E-state index is 10.3. The molecular weight excluding hydrogens is 296 g/mol. The Morgan fingerprint density at radius 2 is 1.90 bits per heavy atom. The summed E-state index contributed by atoms with van der Waals surface area (Å²) in [5.41, 5.74) is 0.609. The Labute approximate surface area is 131 Å². The van der Waals surface area contributed by atoms with Crippen molar-refractivity contribution in [3.8, 4) is 17.2 Å². The van der Waals surface area contributed by atoms with Crippen molar-refractivity contribution in [2.45, 2.75) is 6.04 Å². The Balaban J connectivity index is 0.00000220. The molecule has 7 heteroatoms. The zero-order valence-corrected chi connectivity index (χ0v) is 13.2. The molecule has 1 aliphatic heterocycles. The smallest absolute Gasteiger partial charge is 0.131 e. The van der Waals surface area contributed by atoms with Crippen LogP contribution in [0.1, 0.15) is 11.6 Å². The minimum Gasteiger partial charge on any atom is -0.507 e. The third-order valence-corrected chi connectivity index (χ3v) is 3.65. The molecule has 0 saturated carbocycles. The van der Waals surface area contributed by atoms with E-state index in [1.165, 1.54) is 7.11 Å². The Morgan fingerprint density at radius 3 is 2.43 bits per heavy atom. The van der Waals surface area contributed by atoms with Gasteiger partial charge in [0.25, 0.3) is 0 Å². The summed E-state index contributed by atoms with van der Waals surface area (Å²) in [5, 5.41) is 23.3. The Kier molecular flexibility index (Phi) is 7.04. The van der Waals surface area contributed by atoms with Crippen LogP contribution in [0.5, 0.6) is 17.2 Å². The first-order chi connectivity index (χ1) is 9.71. The van der Waals surface area contributed by atoms with Crippen molar-refractivity contribution >= 4 is 12.4 Å². The van der Waals surface area contributed by atoms with Gasteiger partial charge in [-0.3, -0.25) is 4.90 Å². The van der Waals surface area contributed by atoms with Crippen LogP contribution in [0.2, 0.25) is 0 Å². The lowest BCUT2D eigenvalue weighted by Gasteiger charge is -2.35. The molecule has 0 spiro atoms. The van der Waals surface area contributed by atoms with E-state index in [0.717, 1.165) is 26.2 Å². The van der Waals surface area contributed by atoms with Crippen LogP contribution in [0, 0.1) is 0 Å². The van der Waals surface area contributed by atoms with Crippen LogP contribution in [0.4, 0.5) is 0 Å². The van der Waals surface area contributed by atoms with Crippen molar-refractivity contribution in [2.75, 3.05) is 47.0 Å². The molecule has 2 rings (SSSR count). The van der Waals surface area contributed by atoms with Crippen LogP contribution in [0.3, 0.4) is 0 Å². The number of rotatable bonds is 5. The molecule has 0 bridgehead atoms. The molecular formula is C14H23ClN2O4. The van der Waals surface area contributed by atoms with Crippen LogP contribution in [-0.2, 0) is 0 Å². The summed E-state index contributed by atoms with van der Waals surface area (Å²) in [7, 11) is 3.08. The third kappa shape index (κ3) is 3.91. The fourth-order valence-corrected chi connectivity index (χ4v) is 2.59. The fourth-order valence-electron chi connectivity index (χ4n) is 2.59. The Bertz CT molecular complexity index is 453. The summed E-state index contributed by atoms with van der Waals surface area (Å²) < 4.78 is 10.5. The molecule has 1 aromatic rings. The summed E-state index contributed by atoms with van der Waals surface area (Å²) in [6.07, 6.45) is 0. The predicted octanol–water partition coefficient (Wildman–Crippen LogP) is 0.770. The number of nitrogens with one attached hydrogen (secondary N) is 1. The lowest BCUT2D eigenvalue weighted by Crippen LogP contribution is -2.46. The summed E-state index contributed by atoms with van der Waals surface area (Å²) in [4.78, 5) is 2.14. The lowest BCUT2D eigenvalue weighted by atomic mass is 10.0. The normalized spacial score (nSPS) is 16.9. The molecule has 120 valence electrons. The molecule has 3 N–H and O–H groups in total. The van der Waals surface area contributed by atoms with Crippen molar-refractivity contribution in [1.29, 1.82) is 0 Å². The maximum atomic E-state index is 10.3. The predicted molar refractivity (Wildman–Crippen MR) is 82.7 cm³/mol. The summed E-state index contributed by atoms with van der Waals surface area (Å²) in [5.74, 6) is 1.14. The van der Waals surface area contributed by atoms with Crippen LogP contribution in [0.15, 0.2) is 12.1 Å². The van der Waals surface area contributed by atoms with Gasteiger partial charge in [-0.15, -0.1) is 12.4 Å².